The zero-order valence-electron chi connectivity index (χ0n) is 18.5. The lowest BCUT2D eigenvalue weighted by Crippen LogP contribution is -2.46. The number of rotatable bonds is 8. The van der Waals surface area contributed by atoms with Crippen LogP contribution in [0.1, 0.15) is 29.2 Å². The van der Waals surface area contributed by atoms with E-state index in [0.717, 1.165) is 39.3 Å². The Morgan fingerprint density at radius 2 is 1.53 bits per heavy atom. The number of aryl methyl sites for hydroxylation is 1. The highest BCUT2D eigenvalue weighted by atomic mass is 19.1. The van der Waals surface area contributed by atoms with Gasteiger partial charge >= 0.3 is 0 Å². The van der Waals surface area contributed by atoms with Crippen LogP contribution in [0.4, 0.5) is 8.78 Å². The summed E-state index contributed by atoms with van der Waals surface area (Å²) in [4.78, 5) is 4.88. The van der Waals surface area contributed by atoms with Crippen molar-refractivity contribution in [3.05, 3.63) is 101 Å². The van der Waals surface area contributed by atoms with Gasteiger partial charge in [0.15, 0.2) is 0 Å². The van der Waals surface area contributed by atoms with Crippen LogP contribution in [-0.4, -0.2) is 42.5 Å². The third-order valence-corrected chi connectivity index (χ3v) is 6.08. The van der Waals surface area contributed by atoms with Gasteiger partial charge in [-0.2, -0.15) is 0 Å². The Kier molecular flexibility index (Phi) is 7.51. The lowest BCUT2D eigenvalue weighted by Gasteiger charge is -2.35. The van der Waals surface area contributed by atoms with Gasteiger partial charge in [-0.05, 0) is 42.3 Å². The molecule has 1 atom stereocenters. The Hall–Kier alpha value is -2.76. The first-order chi connectivity index (χ1) is 15.6. The molecule has 0 amide bonds. The first kappa shape index (κ1) is 22.4. The van der Waals surface area contributed by atoms with Crippen LogP contribution in [0.15, 0.2) is 72.8 Å². The average molecular weight is 437 g/mol. The van der Waals surface area contributed by atoms with Gasteiger partial charge in [-0.15, -0.1) is 0 Å². The van der Waals surface area contributed by atoms with Gasteiger partial charge in [0, 0.05) is 51.3 Å². The van der Waals surface area contributed by atoms with Crippen LogP contribution in [0, 0.1) is 18.6 Å². The molecular weight excluding hydrogens is 406 g/mol. The van der Waals surface area contributed by atoms with Gasteiger partial charge in [0.1, 0.15) is 23.5 Å². The van der Waals surface area contributed by atoms with E-state index >= 15 is 0 Å². The van der Waals surface area contributed by atoms with Crippen molar-refractivity contribution >= 4 is 0 Å². The Labute approximate surface area is 189 Å². The first-order valence-corrected chi connectivity index (χ1v) is 11.2. The van der Waals surface area contributed by atoms with Crippen molar-refractivity contribution in [2.24, 2.45) is 0 Å². The third-order valence-electron chi connectivity index (χ3n) is 6.08. The van der Waals surface area contributed by atoms with Crippen LogP contribution in [0.5, 0.6) is 5.75 Å². The second-order valence-corrected chi connectivity index (χ2v) is 8.43. The lowest BCUT2D eigenvalue weighted by atomic mass is 10.0. The van der Waals surface area contributed by atoms with E-state index in [2.05, 4.69) is 34.1 Å². The Morgan fingerprint density at radius 3 is 2.25 bits per heavy atom. The summed E-state index contributed by atoms with van der Waals surface area (Å²) in [5.41, 5.74) is 2.59. The molecule has 5 heteroatoms. The molecule has 1 aliphatic rings. The molecule has 1 fully saturated rings. The molecule has 0 N–H and O–H groups in total. The number of ether oxygens (including phenoxy) is 1. The summed E-state index contributed by atoms with van der Waals surface area (Å²) in [6.07, 6.45) is 0.235. The monoisotopic (exact) mass is 436 g/mol. The first-order valence-electron chi connectivity index (χ1n) is 11.2. The van der Waals surface area contributed by atoms with E-state index in [1.54, 1.807) is 18.2 Å². The lowest BCUT2D eigenvalue weighted by molar-refractivity contribution is 0.105. The number of hydrogen-bond acceptors (Lipinski definition) is 3. The quantitative estimate of drug-likeness (QED) is 0.457. The van der Waals surface area contributed by atoms with E-state index < -0.39 is 6.10 Å². The molecule has 1 heterocycles. The van der Waals surface area contributed by atoms with Gasteiger partial charge in [-0.25, -0.2) is 8.78 Å². The number of benzene rings is 3. The highest BCUT2D eigenvalue weighted by molar-refractivity contribution is 5.34. The molecule has 0 radical (unpaired) electrons. The van der Waals surface area contributed by atoms with Crippen LogP contribution in [0.2, 0.25) is 0 Å². The van der Waals surface area contributed by atoms with Gasteiger partial charge in [0.2, 0.25) is 0 Å². The van der Waals surface area contributed by atoms with Crippen molar-refractivity contribution in [2.45, 2.75) is 26.0 Å². The molecule has 3 nitrogen and oxygen atoms in total. The molecule has 3 aromatic carbocycles. The fraction of sp³-hybridized carbons (Fsp3) is 0.333. The maximum absolute atomic E-state index is 14.6. The molecule has 0 saturated carbocycles. The van der Waals surface area contributed by atoms with Crippen molar-refractivity contribution in [3.8, 4) is 5.75 Å². The van der Waals surface area contributed by atoms with Crippen molar-refractivity contribution in [1.82, 2.24) is 9.80 Å². The molecule has 0 aromatic heterocycles. The van der Waals surface area contributed by atoms with Gasteiger partial charge in [-0.3, -0.25) is 4.90 Å². The summed E-state index contributed by atoms with van der Waals surface area (Å²) in [5, 5.41) is 0. The van der Waals surface area contributed by atoms with Gasteiger partial charge < -0.3 is 9.64 Å². The molecule has 0 spiro atoms. The maximum Gasteiger partial charge on any atom is 0.130 e. The standard InChI is InChI=1S/C27H30F2N2O/c1-21-19-23(28)11-12-26(21)32-27(24-9-5-6-10-25(24)29)13-14-30-15-17-31(18-16-30)20-22-7-3-2-4-8-22/h2-12,19,27H,13-18,20H2,1H3. The minimum Gasteiger partial charge on any atom is -0.485 e. The molecule has 1 aliphatic heterocycles. The third kappa shape index (κ3) is 5.93. The van der Waals surface area contributed by atoms with Crippen molar-refractivity contribution in [1.29, 1.82) is 0 Å². The Bertz CT molecular complexity index is 1000. The fourth-order valence-corrected chi connectivity index (χ4v) is 4.22. The van der Waals surface area contributed by atoms with E-state index in [0.29, 0.717) is 23.3 Å². The van der Waals surface area contributed by atoms with E-state index in [1.807, 2.05) is 19.1 Å². The smallest absolute Gasteiger partial charge is 0.130 e. The van der Waals surface area contributed by atoms with Crippen LogP contribution in [-0.2, 0) is 6.54 Å². The molecule has 0 aliphatic carbocycles. The number of piperazine rings is 1. The van der Waals surface area contributed by atoms with Crippen molar-refractivity contribution < 1.29 is 13.5 Å². The number of halogens is 2. The molecule has 0 bridgehead atoms. The summed E-state index contributed by atoms with van der Waals surface area (Å²) in [6.45, 7) is 7.58. The molecule has 3 aromatic rings. The fourth-order valence-electron chi connectivity index (χ4n) is 4.22. The van der Waals surface area contributed by atoms with Crippen LogP contribution < -0.4 is 4.74 Å². The van der Waals surface area contributed by atoms with Crippen molar-refractivity contribution in [2.75, 3.05) is 32.7 Å². The molecular formula is C27H30F2N2O. The second-order valence-electron chi connectivity index (χ2n) is 8.43. The Morgan fingerprint density at radius 1 is 0.844 bits per heavy atom. The highest BCUT2D eigenvalue weighted by Gasteiger charge is 2.22. The predicted octanol–water partition coefficient (Wildman–Crippen LogP) is 5.60. The summed E-state index contributed by atoms with van der Waals surface area (Å²) in [5.74, 6) is 0.0166. The van der Waals surface area contributed by atoms with E-state index in [9.17, 15) is 8.78 Å². The molecule has 4 rings (SSSR count). The minimum absolute atomic E-state index is 0.273. The van der Waals surface area contributed by atoms with Crippen LogP contribution in [0.3, 0.4) is 0 Å². The van der Waals surface area contributed by atoms with Crippen LogP contribution >= 0.6 is 0 Å². The summed E-state index contributed by atoms with van der Waals surface area (Å²) < 4.78 is 34.3. The predicted molar refractivity (Wildman–Crippen MR) is 124 cm³/mol. The molecule has 32 heavy (non-hydrogen) atoms. The average Bonchev–Trinajstić information content (AvgIpc) is 2.80. The van der Waals surface area contributed by atoms with Gasteiger partial charge in [0.25, 0.3) is 0 Å². The highest BCUT2D eigenvalue weighted by Crippen LogP contribution is 2.29. The van der Waals surface area contributed by atoms with E-state index in [-0.39, 0.29) is 11.6 Å². The normalized spacial score (nSPS) is 16.1. The number of nitrogens with zero attached hydrogens (tertiary/aromatic N) is 2. The molecule has 168 valence electrons. The van der Waals surface area contributed by atoms with Gasteiger partial charge in [0.05, 0.1) is 0 Å². The SMILES string of the molecule is Cc1cc(F)ccc1OC(CCN1CCN(Cc2ccccc2)CC1)c1ccccc1F. The Balaban J connectivity index is 1.37. The number of hydrogen-bond donors (Lipinski definition) is 0. The zero-order chi connectivity index (χ0) is 22.3. The summed E-state index contributed by atoms with van der Waals surface area (Å²) >= 11 is 0. The second kappa shape index (κ2) is 10.7. The van der Waals surface area contributed by atoms with Crippen molar-refractivity contribution in [3.63, 3.8) is 0 Å². The molecule has 1 unspecified atom stereocenters. The topological polar surface area (TPSA) is 15.7 Å². The molecule has 1 saturated heterocycles. The van der Waals surface area contributed by atoms with Gasteiger partial charge in [-0.1, -0.05) is 48.5 Å². The summed E-state index contributed by atoms with van der Waals surface area (Å²) in [6, 6.07) is 21.7. The van der Waals surface area contributed by atoms with Crippen LogP contribution in [0.25, 0.3) is 0 Å². The zero-order valence-corrected chi connectivity index (χ0v) is 18.5. The van der Waals surface area contributed by atoms with E-state index in [1.165, 1.54) is 23.8 Å². The van der Waals surface area contributed by atoms with E-state index in [4.69, 9.17) is 4.74 Å². The largest absolute Gasteiger partial charge is 0.485 e. The maximum atomic E-state index is 14.6. The minimum atomic E-state index is -0.428. The summed E-state index contributed by atoms with van der Waals surface area (Å²) in [7, 11) is 0.